The van der Waals surface area contributed by atoms with E-state index in [1.54, 1.807) is 0 Å². The third-order valence-corrected chi connectivity index (χ3v) is 4.22. The largest absolute Gasteiger partial charge is 0.398 e. The highest BCUT2D eigenvalue weighted by Gasteiger charge is 2.27. The van der Waals surface area contributed by atoms with Crippen LogP contribution in [0.2, 0.25) is 0 Å². The minimum Gasteiger partial charge on any atom is -0.398 e. The fourth-order valence-electron chi connectivity index (χ4n) is 2.68. The van der Waals surface area contributed by atoms with Crippen LogP contribution in [0.1, 0.15) is 21.5 Å². The molecule has 1 heterocycles. The van der Waals surface area contributed by atoms with Crippen LogP contribution in [0.5, 0.6) is 0 Å². The molecule has 0 bridgehead atoms. The Hall–Kier alpha value is -1.81. The minimum absolute atomic E-state index is 0.0411. The summed E-state index contributed by atoms with van der Waals surface area (Å²) < 4.78 is 0.984. The highest BCUT2D eigenvalue weighted by molar-refractivity contribution is 9.10. The van der Waals surface area contributed by atoms with Crippen molar-refractivity contribution >= 4 is 33.2 Å². The maximum atomic E-state index is 12.7. The molecule has 0 saturated heterocycles. The fourth-order valence-corrected chi connectivity index (χ4v) is 3.16. The summed E-state index contributed by atoms with van der Waals surface area (Å²) in [5, 5.41) is 0. The number of aryl methyl sites for hydroxylation is 1. The van der Waals surface area contributed by atoms with E-state index in [1.165, 1.54) is 0 Å². The van der Waals surface area contributed by atoms with Gasteiger partial charge in [0.15, 0.2) is 0 Å². The van der Waals surface area contributed by atoms with Crippen molar-refractivity contribution in [2.45, 2.75) is 13.3 Å². The average molecular weight is 331 g/mol. The summed E-state index contributed by atoms with van der Waals surface area (Å²) in [4.78, 5) is 14.5. The van der Waals surface area contributed by atoms with Gasteiger partial charge >= 0.3 is 0 Å². The summed E-state index contributed by atoms with van der Waals surface area (Å²) in [6.45, 7) is 2.65. The molecule has 4 heteroatoms. The second kappa shape index (κ2) is 4.94. The Balaban J connectivity index is 2.00. The molecular weight excluding hydrogens is 316 g/mol. The molecule has 1 aliphatic rings. The van der Waals surface area contributed by atoms with E-state index < -0.39 is 0 Å². The van der Waals surface area contributed by atoms with Crippen LogP contribution in [0.15, 0.2) is 40.9 Å². The van der Waals surface area contributed by atoms with Crippen LogP contribution in [0, 0.1) is 6.92 Å². The van der Waals surface area contributed by atoms with Crippen molar-refractivity contribution in [3.8, 4) is 0 Å². The van der Waals surface area contributed by atoms with Gasteiger partial charge in [-0.1, -0.05) is 22.0 Å². The average Bonchev–Trinajstić information content (AvgIpc) is 2.83. The monoisotopic (exact) mass is 330 g/mol. The third-order valence-electron chi connectivity index (χ3n) is 3.73. The predicted molar refractivity (Wildman–Crippen MR) is 85.1 cm³/mol. The molecule has 20 heavy (non-hydrogen) atoms. The van der Waals surface area contributed by atoms with Gasteiger partial charge in [-0.05, 0) is 49.2 Å². The predicted octanol–water partition coefficient (Wildman–Crippen LogP) is 3.54. The lowest BCUT2D eigenvalue weighted by molar-refractivity contribution is 0.0989. The number of rotatable bonds is 1. The molecule has 0 saturated carbocycles. The second-order valence-corrected chi connectivity index (χ2v) is 5.93. The number of fused-ring (bicyclic) bond motifs is 1. The van der Waals surface area contributed by atoms with Gasteiger partial charge < -0.3 is 10.6 Å². The minimum atomic E-state index is 0.0411. The summed E-state index contributed by atoms with van der Waals surface area (Å²) in [6, 6.07) is 11.5. The molecule has 0 aromatic heterocycles. The van der Waals surface area contributed by atoms with Crippen molar-refractivity contribution in [2.24, 2.45) is 0 Å². The van der Waals surface area contributed by atoms with Crippen LogP contribution in [-0.2, 0) is 6.42 Å². The number of anilines is 2. The Morgan fingerprint density at radius 2 is 2.10 bits per heavy atom. The molecule has 1 aliphatic heterocycles. The molecular formula is C16H15BrN2O. The molecule has 0 radical (unpaired) electrons. The van der Waals surface area contributed by atoms with Gasteiger partial charge in [0.05, 0.1) is 0 Å². The van der Waals surface area contributed by atoms with Crippen molar-refractivity contribution < 1.29 is 4.79 Å². The number of halogens is 1. The summed E-state index contributed by atoms with van der Waals surface area (Å²) >= 11 is 3.42. The number of carbonyl (C=O) groups is 1. The highest BCUT2D eigenvalue weighted by atomic mass is 79.9. The summed E-state index contributed by atoms with van der Waals surface area (Å²) in [6.07, 6.45) is 0.823. The first-order valence-electron chi connectivity index (χ1n) is 6.53. The fraction of sp³-hybridized carbons (Fsp3) is 0.188. The van der Waals surface area contributed by atoms with Crippen LogP contribution in [0.25, 0.3) is 0 Å². The van der Waals surface area contributed by atoms with Crippen molar-refractivity contribution in [2.75, 3.05) is 17.2 Å². The first-order valence-corrected chi connectivity index (χ1v) is 7.32. The normalized spacial score (nSPS) is 13.4. The van der Waals surface area contributed by atoms with Gasteiger partial charge in [0.2, 0.25) is 0 Å². The van der Waals surface area contributed by atoms with E-state index in [0.717, 1.165) is 39.0 Å². The molecule has 2 N–H and O–H groups in total. The van der Waals surface area contributed by atoms with Gasteiger partial charge in [-0.25, -0.2) is 0 Å². The maximum Gasteiger partial charge on any atom is 0.258 e. The number of hydrogen-bond donors (Lipinski definition) is 1. The highest BCUT2D eigenvalue weighted by Crippen LogP contribution is 2.33. The maximum absolute atomic E-state index is 12.7. The SMILES string of the molecule is Cc1cc(Br)ccc1C(=O)N1CCc2c(N)cccc21. The zero-order valence-corrected chi connectivity index (χ0v) is 12.8. The molecule has 102 valence electrons. The van der Waals surface area contributed by atoms with Gasteiger partial charge in [0, 0.05) is 33.5 Å². The lowest BCUT2D eigenvalue weighted by atomic mass is 10.1. The van der Waals surface area contributed by atoms with Crippen molar-refractivity contribution in [1.82, 2.24) is 0 Å². The Labute approximate surface area is 126 Å². The molecule has 2 aromatic rings. The van der Waals surface area contributed by atoms with Gasteiger partial charge in [0.25, 0.3) is 5.91 Å². The van der Waals surface area contributed by atoms with E-state index in [-0.39, 0.29) is 5.91 Å². The van der Waals surface area contributed by atoms with E-state index in [0.29, 0.717) is 6.54 Å². The van der Waals surface area contributed by atoms with Crippen LogP contribution >= 0.6 is 15.9 Å². The Kier molecular flexibility index (Phi) is 3.26. The second-order valence-electron chi connectivity index (χ2n) is 5.01. The summed E-state index contributed by atoms with van der Waals surface area (Å²) in [5.74, 6) is 0.0411. The van der Waals surface area contributed by atoms with E-state index in [9.17, 15) is 4.79 Å². The molecule has 0 aliphatic carbocycles. The van der Waals surface area contributed by atoms with E-state index in [4.69, 9.17) is 5.73 Å². The van der Waals surface area contributed by atoms with Crippen molar-refractivity contribution in [1.29, 1.82) is 0 Å². The number of nitrogens with two attached hydrogens (primary N) is 1. The van der Waals surface area contributed by atoms with Crippen molar-refractivity contribution in [3.05, 3.63) is 57.6 Å². The standard InChI is InChI=1S/C16H15BrN2O/c1-10-9-11(17)5-6-12(10)16(20)19-8-7-13-14(18)3-2-4-15(13)19/h2-6,9H,7-8,18H2,1H3. The van der Waals surface area contributed by atoms with Crippen LogP contribution in [0.4, 0.5) is 11.4 Å². The van der Waals surface area contributed by atoms with E-state index in [2.05, 4.69) is 15.9 Å². The van der Waals surface area contributed by atoms with Gasteiger partial charge in [-0.3, -0.25) is 4.79 Å². The number of amides is 1. The Morgan fingerprint density at radius 1 is 1.30 bits per heavy atom. The Morgan fingerprint density at radius 3 is 2.85 bits per heavy atom. The van der Waals surface area contributed by atoms with Gasteiger partial charge in [-0.15, -0.1) is 0 Å². The summed E-state index contributed by atoms with van der Waals surface area (Å²) in [7, 11) is 0. The number of nitrogens with zero attached hydrogens (tertiary/aromatic N) is 1. The van der Waals surface area contributed by atoms with Crippen molar-refractivity contribution in [3.63, 3.8) is 0 Å². The first kappa shape index (κ1) is 13.2. The van der Waals surface area contributed by atoms with E-state index >= 15 is 0 Å². The van der Waals surface area contributed by atoms with E-state index in [1.807, 2.05) is 48.2 Å². The lowest BCUT2D eigenvalue weighted by Gasteiger charge is -2.19. The smallest absolute Gasteiger partial charge is 0.258 e. The van der Waals surface area contributed by atoms with Gasteiger partial charge in [0.1, 0.15) is 0 Å². The molecule has 3 rings (SSSR count). The first-order chi connectivity index (χ1) is 9.58. The number of benzene rings is 2. The summed E-state index contributed by atoms with van der Waals surface area (Å²) in [5.41, 5.74) is 10.5. The topological polar surface area (TPSA) is 46.3 Å². The zero-order valence-electron chi connectivity index (χ0n) is 11.2. The van der Waals surface area contributed by atoms with Gasteiger partial charge in [-0.2, -0.15) is 0 Å². The zero-order chi connectivity index (χ0) is 14.3. The molecule has 0 fully saturated rings. The molecule has 2 aromatic carbocycles. The molecule has 0 spiro atoms. The van der Waals surface area contributed by atoms with Crippen LogP contribution < -0.4 is 10.6 Å². The van der Waals surface area contributed by atoms with Crippen LogP contribution in [-0.4, -0.2) is 12.5 Å². The Bertz CT molecular complexity index is 697. The molecule has 0 unspecified atom stereocenters. The number of nitrogen functional groups attached to an aromatic ring is 1. The molecule has 0 atom stereocenters. The quantitative estimate of drug-likeness (QED) is 0.813. The number of carbonyl (C=O) groups excluding carboxylic acids is 1. The third kappa shape index (κ3) is 2.10. The molecule has 1 amide bonds. The number of hydrogen-bond acceptors (Lipinski definition) is 2. The lowest BCUT2D eigenvalue weighted by Crippen LogP contribution is -2.29. The van der Waals surface area contributed by atoms with Crippen LogP contribution in [0.3, 0.4) is 0 Å². The molecule has 3 nitrogen and oxygen atoms in total.